The van der Waals surface area contributed by atoms with Crippen molar-refractivity contribution in [2.45, 2.75) is 198 Å². The van der Waals surface area contributed by atoms with E-state index in [4.69, 9.17) is 9.47 Å². The van der Waals surface area contributed by atoms with Gasteiger partial charge < -0.3 is 45.4 Å². The van der Waals surface area contributed by atoms with Crippen LogP contribution in [-0.2, 0) is 14.3 Å². The van der Waals surface area contributed by atoms with Gasteiger partial charge in [0.2, 0.25) is 5.91 Å². The number of ether oxygens (including phenoxy) is 2. The van der Waals surface area contributed by atoms with Gasteiger partial charge in [0, 0.05) is 0 Å². The van der Waals surface area contributed by atoms with E-state index in [1.165, 1.54) is 64.2 Å². The van der Waals surface area contributed by atoms with Crippen molar-refractivity contribution in [3.63, 3.8) is 0 Å². The summed E-state index contributed by atoms with van der Waals surface area (Å²) in [6.07, 6.45) is 17.1. The van der Waals surface area contributed by atoms with Crippen LogP contribution >= 0.6 is 0 Å². The predicted molar refractivity (Wildman–Crippen MR) is 181 cm³/mol. The number of rotatable bonds is 29. The third kappa shape index (κ3) is 19.0. The zero-order valence-electron chi connectivity index (χ0n) is 28.9. The molecule has 8 atom stereocenters. The highest BCUT2D eigenvalue weighted by atomic mass is 16.7. The number of nitrogens with one attached hydrogen (secondary N) is 1. The molecule has 0 aromatic heterocycles. The largest absolute Gasteiger partial charge is 0.394 e. The van der Waals surface area contributed by atoms with Crippen LogP contribution in [0, 0.1) is 0 Å². The second-order valence-electron chi connectivity index (χ2n) is 13.2. The molecule has 0 radical (unpaired) electrons. The van der Waals surface area contributed by atoms with E-state index in [9.17, 15) is 35.4 Å². The van der Waals surface area contributed by atoms with Crippen LogP contribution in [0.15, 0.2) is 12.2 Å². The fourth-order valence-corrected chi connectivity index (χ4v) is 5.79. The monoisotopic (exact) mass is 659 g/mol. The maximum atomic E-state index is 12.9. The van der Waals surface area contributed by atoms with E-state index in [0.29, 0.717) is 19.3 Å². The van der Waals surface area contributed by atoms with E-state index < -0.39 is 61.5 Å². The Labute approximate surface area is 279 Å². The van der Waals surface area contributed by atoms with E-state index in [0.717, 1.165) is 51.4 Å². The first kappa shape index (κ1) is 42.9. The summed E-state index contributed by atoms with van der Waals surface area (Å²) < 4.78 is 11.1. The summed E-state index contributed by atoms with van der Waals surface area (Å²) in [4.78, 5) is 12.9. The van der Waals surface area contributed by atoms with Gasteiger partial charge in [0.15, 0.2) is 6.29 Å². The van der Waals surface area contributed by atoms with Crippen LogP contribution in [0.5, 0.6) is 0 Å². The number of aliphatic hydroxyl groups excluding tert-OH is 6. The van der Waals surface area contributed by atoms with Gasteiger partial charge in [-0.05, 0) is 32.1 Å². The number of aliphatic hydroxyl groups is 6. The van der Waals surface area contributed by atoms with Gasteiger partial charge in [-0.1, -0.05) is 129 Å². The molecule has 10 heteroatoms. The second-order valence-corrected chi connectivity index (χ2v) is 13.2. The van der Waals surface area contributed by atoms with Crippen LogP contribution in [0.2, 0.25) is 0 Å². The SMILES string of the molecule is CCCC/C=C\CCCCCC(O)C(=O)NC(COC1OC(CO)C(O)C(O)C1O)C(O)CCCCCCCCCCCCCC. The van der Waals surface area contributed by atoms with Gasteiger partial charge in [-0.2, -0.15) is 0 Å². The molecule has 10 nitrogen and oxygen atoms in total. The minimum atomic E-state index is -1.59. The fraction of sp³-hybridized carbons (Fsp3) is 0.917. The van der Waals surface area contributed by atoms with Gasteiger partial charge >= 0.3 is 0 Å². The lowest BCUT2D eigenvalue weighted by molar-refractivity contribution is -0.302. The molecule has 0 aromatic rings. The molecule has 0 aliphatic carbocycles. The number of allylic oxidation sites excluding steroid dienone is 2. The lowest BCUT2D eigenvalue weighted by Gasteiger charge is -2.40. The molecule has 0 aromatic carbocycles. The summed E-state index contributed by atoms with van der Waals surface area (Å²) in [6, 6.07) is -0.893. The molecule has 46 heavy (non-hydrogen) atoms. The van der Waals surface area contributed by atoms with Crippen molar-refractivity contribution in [2.75, 3.05) is 13.2 Å². The van der Waals surface area contributed by atoms with E-state index in [1.807, 2.05) is 0 Å². The van der Waals surface area contributed by atoms with Crippen LogP contribution < -0.4 is 5.32 Å². The highest BCUT2D eigenvalue weighted by molar-refractivity contribution is 5.80. The molecule has 0 saturated carbocycles. The number of unbranched alkanes of at least 4 members (excludes halogenated alkanes) is 16. The first-order valence-electron chi connectivity index (χ1n) is 18.5. The summed E-state index contributed by atoms with van der Waals surface area (Å²) in [5.74, 6) is -0.601. The fourth-order valence-electron chi connectivity index (χ4n) is 5.79. The Bertz CT molecular complexity index is 753. The standard InChI is InChI=1S/C36H69NO9/c1-3-5-7-9-11-13-14-15-17-18-20-22-24-29(39)28(27-45-36-34(43)33(42)32(41)31(26-38)46-36)37-35(44)30(40)25-23-21-19-16-12-10-8-6-4-2/h10,12,28-34,36,38-43H,3-9,11,13-27H2,1-2H3,(H,37,44)/b12-10-. The average molecular weight is 660 g/mol. The van der Waals surface area contributed by atoms with E-state index in [-0.39, 0.29) is 6.61 Å². The molecular weight excluding hydrogens is 590 g/mol. The molecule has 0 bridgehead atoms. The van der Waals surface area contributed by atoms with Crippen molar-refractivity contribution in [2.24, 2.45) is 0 Å². The number of hydrogen-bond acceptors (Lipinski definition) is 9. The molecule has 272 valence electrons. The zero-order chi connectivity index (χ0) is 34.0. The first-order valence-corrected chi connectivity index (χ1v) is 18.5. The van der Waals surface area contributed by atoms with Gasteiger partial charge in [-0.25, -0.2) is 0 Å². The lowest BCUT2D eigenvalue weighted by Crippen LogP contribution is -2.60. The van der Waals surface area contributed by atoms with E-state index in [2.05, 4.69) is 31.3 Å². The first-order chi connectivity index (χ1) is 22.3. The van der Waals surface area contributed by atoms with Gasteiger partial charge in [-0.3, -0.25) is 4.79 Å². The highest BCUT2D eigenvalue weighted by Gasteiger charge is 2.44. The van der Waals surface area contributed by atoms with Gasteiger partial charge in [0.1, 0.15) is 30.5 Å². The molecule has 1 saturated heterocycles. The highest BCUT2D eigenvalue weighted by Crippen LogP contribution is 2.23. The quantitative estimate of drug-likeness (QED) is 0.0441. The molecule has 1 amide bonds. The number of carbonyl (C=O) groups excluding carboxylic acids is 1. The Morgan fingerprint density at radius 1 is 0.717 bits per heavy atom. The Kier molecular flexibility index (Phi) is 25.9. The molecule has 7 N–H and O–H groups in total. The molecule has 0 spiro atoms. The molecular formula is C36H69NO9. The second kappa shape index (κ2) is 27.8. The van der Waals surface area contributed by atoms with Crippen molar-refractivity contribution in [1.82, 2.24) is 5.32 Å². The third-order valence-electron chi connectivity index (χ3n) is 8.98. The Morgan fingerprint density at radius 2 is 1.24 bits per heavy atom. The van der Waals surface area contributed by atoms with Gasteiger partial charge in [0.05, 0.1) is 25.4 Å². The number of carbonyl (C=O) groups is 1. The lowest BCUT2D eigenvalue weighted by atomic mass is 9.99. The molecule has 1 aliphatic rings. The Balaban J connectivity index is 2.53. The molecule has 1 fully saturated rings. The van der Waals surface area contributed by atoms with E-state index in [1.54, 1.807) is 0 Å². The van der Waals surface area contributed by atoms with Crippen LogP contribution in [0.1, 0.15) is 149 Å². The van der Waals surface area contributed by atoms with Crippen LogP contribution in [0.4, 0.5) is 0 Å². The molecule has 1 rings (SSSR count). The van der Waals surface area contributed by atoms with Crippen LogP contribution in [-0.4, -0.2) is 98.7 Å². The van der Waals surface area contributed by atoms with Gasteiger partial charge in [-0.15, -0.1) is 0 Å². The molecule has 1 aliphatic heterocycles. The molecule has 1 heterocycles. The van der Waals surface area contributed by atoms with Crippen molar-refractivity contribution < 1.29 is 44.9 Å². The minimum absolute atomic E-state index is 0.259. The zero-order valence-corrected chi connectivity index (χ0v) is 28.9. The van der Waals surface area contributed by atoms with Gasteiger partial charge in [0.25, 0.3) is 0 Å². The van der Waals surface area contributed by atoms with Crippen LogP contribution in [0.3, 0.4) is 0 Å². The van der Waals surface area contributed by atoms with Crippen molar-refractivity contribution in [3.05, 3.63) is 12.2 Å². The topological polar surface area (TPSA) is 169 Å². The minimum Gasteiger partial charge on any atom is -0.394 e. The summed E-state index contributed by atoms with van der Waals surface area (Å²) in [6.45, 7) is 3.56. The predicted octanol–water partition coefficient (Wildman–Crippen LogP) is 4.80. The number of amides is 1. The van der Waals surface area contributed by atoms with Crippen molar-refractivity contribution >= 4 is 5.91 Å². The van der Waals surface area contributed by atoms with Crippen molar-refractivity contribution in [3.8, 4) is 0 Å². The summed E-state index contributed by atoms with van der Waals surface area (Å²) in [7, 11) is 0. The Hall–Kier alpha value is -1.11. The average Bonchev–Trinajstić information content (AvgIpc) is 3.05. The number of hydrogen-bond donors (Lipinski definition) is 7. The summed E-state index contributed by atoms with van der Waals surface area (Å²) in [5, 5.41) is 64.2. The van der Waals surface area contributed by atoms with Crippen LogP contribution in [0.25, 0.3) is 0 Å². The Morgan fingerprint density at radius 3 is 1.83 bits per heavy atom. The maximum Gasteiger partial charge on any atom is 0.249 e. The molecule has 8 unspecified atom stereocenters. The summed E-state index contributed by atoms with van der Waals surface area (Å²) >= 11 is 0. The smallest absolute Gasteiger partial charge is 0.249 e. The normalized spacial score (nSPS) is 23.9. The van der Waals surface area contributed by atoms with E-state index >= 15 is 0 Å². The maximum absolute atomic E-state index is 12.9. The van der Waals surface area contributed by atoms with Crippen molar-refractivity contribution in [1.29, 1.82) is 0 Å². The summed E-state index contributed by atoms with van der Waals surface area (Å²) in [5.41, 5.74) is 0. The third-order valence-corrected chi connectivity index (χ3v) is 8.98.